The topological polar surface area (TPSA) is 18.5 Å². The molecule has 2 nitrogen and oxygen atoms in total. The number of alkyl halides is 1. The monoisotopic (exact) mass is 212 g/mol. The number of fused-ring (bicyclic) bond motifs is 1. The summed E-state index contributed by atoms with van der Waals surface area (Å²) >= 11 is 5.64. The van der Waals surface area contributed by atoms with Gasteiger partial charge < -0.3 is 9.47 Å². The smallest absolute Gasteiger partial charge is 0.248 e. The molecule has 0 saturated heterocycles. The van der Waals surface area contributed by atoms with Crippen LogP contribution in [0.25, 0.3) is 0 Å². The summed E-state index contributed by atoms with van der Waals surface area (Å²) in [4.78, 5) is 0. The minimum absolute atomic E-state index is 0.529. The van der Waals surface area contributed by atoms with Crippen LogP contribution in [0.4, 0.5) is 0 Å². The third-order valence-corrected chi connectivity index (χ3v) is 2.53. The van der Waals surface area contributed by atoms with E-state index in [1.165, 1.54) is 0 Å². The highest BCUT2D eigenvalue weighted by atomic mass is 35.5. The Morgan fingerprint density at radius 1 is 1.21 bits per heavy atom. The van der Waals surface area contributed by atoms with Crippen LogP contribution in [0, 0.1) is 0 Å². The van der Waals surface area contributed by atoms with E-state index in [-0.39, 0.29) is 0 Å². The molecule has 1 aliphatic heterocycles. The lowest BCUT2D eigenvalue weighted by atomic mass is 10.2. The van der Waals surface area contributed by atoms with Crippen LogP contribution in [0.1, 0.15) is 19.8 Å². The SMILES string of the molecule is CC1(CCCCl)Oc2ccccc2O1. The molecule has 1 aliphatic rings. The Labute approximate surface area is 88.8 Å². The fourth-order valence-corrected chi connectivity index (χ4v) is 1.73. The first-order valence-corrected chi connectivity index (χ1v) is 5.30. The number of benzene rings is 1. The summed E-state index contributed by atoms with van der Waals surface area (Å²) < 4.78 is 11.4. The van der Waals surface area contributed by atoms with E-state index in [1.54, 1.807) is 0 Å². The van der Waals surface area contributed by atoms with Crippen molar-refractivity contribution < 1.29 is 9.47 Å². The maximum Gasteiger partial charge on any atom is 0.248 e. The lowest BCUT2D eigenvalue weighted by Crippen LogP contribution is -2.34. The fraction of sp³-hybridized carbons (Fsp3) is 0.455. The maximum atomic E-state index is 5.72. The molecule has 14 heavy (non-hydrogen) atoms. The maximum absolute atomic E-state index is 5.72. The standard InChI is InChI=1S/C11H13ClO2/c1-11(7-4-8-12)13-9-5-2-3-6-10(9)14-11/h2-3,5-6H,4,7-8H2,1H3. The van der Waals surface area contributed by atoms with Crippen molar-refractivity contribution in [1.82, 2.24) is 0 Å². The van der Waals surface area contributed by atoms with Crippen LogP contribution in [0.5, 0.6) is 11.5 Å². The second kappa shape index (κ2) is 3.70. The number of para-hydroxylation sites is 2. The Bertz CT molecular complexity index is 300. The van der Waals surface area contributed by atoms with Gasteiger partial charge in [-0.25, -0.2) is 0 Å². The largest absolute Gasteiger partial charge is 0.449 e. The second-order valence-electron chi connectivity index (χ2n) is 3.58. The number of ether oxygens (including phenoxy) is 2. The highest BCUT2D eigenvalue weighted by Gasteiger charge is 2.35. The molecule has 0 N–H and O–H groups in total. The molecule has 3 heteroatoms. The Morgan fingerprint density at radius 3 is 2.29 bits per heavy atom. The van der Waals surface area contributed by atoms with E-state index < -0.39 is 5.79 Å². The van der Waals surface area contributed by atoms with Gasteiger partial charge >= 0.3 is 0 Å². The minimum Gasteiger partial charge on any atom is -0.449 e. The van der Waals surface area contributed by atoms with Crippen LogP contribution in [-0.2, 0) is 0 Å². The Balaban J connectivity index is 2.09. The van der Waals surface area contributed by atoms with Crippen LogP contribution in [0.3, 0.4) is 0 Å². The summed E-state index contributed by atoms with van der Waals surface area (Å²) in [5, 5.41) is 0. The number of hydrogen-bond donors (Lipinski definition) is 0. The molecule has 0 fully saturated rings. The zero-order valence-corrected chi connectivity index (χ0v) is 8.88. The Kier molecular flexibility index (Phi) is 2.55. The molecule has 1 aromatic rings. The van der Waals surface area contributed by atoms with Gasteiger partial charge in [-0.3, -0.25) is 0 Å². The lowest BCUT2D eigenvalue weighted by Gasteiger charge is -2.22. The van der Waals surface area contributed by atoms with Gasteiger partial charge in [-0.15, -0.1) is 11.6 Å². The predicted octanol–water partition coefficient (Wildman–Crippen LogP) is 3.19. The van der Waals surface area contributed by atoms with Crippen LogP contribution in [0.15, 0.2) is 24.3 Å². The van der Waals surface area contributed by atoms with Crippen molar-refractivity contribution in [3.63, 3.8) is 0 Å². The van der Waals surface area contributed by atoms with Crippen LogP contribution >= 0.6 is 11.6 Å². The van der Waals surface area contributed by atoms with E-state index in [0.717, 1.165) is 24.3 Å². The predicted molar refractivity (Wildman–Crippen MR) is 56.1 cm³/mol. The Morgan fingerprint density at radius 2 is 1.79 bits per heavy atom. The van der Waals surface area contributed by atoms with Gasteiger partial charge in [-0.2, -0.15) is 0 Å². The molecule has 1 aromatic carbocycles. The summed E-state index contributed by atoms with van der Waals surface area (Å²) in [6, 6.07) is 7.72. The highest BCUT2D eigenvalue weighted by Crippen LogP contribution is 2.40. The van der Waals surface area contributed by atoms with Crippen molar-refractivity contribution in [3.05, 3.63) is 24.3 Å². The van der Waals surface area contributed by atoms with Crippen molar-refractivity contribution >= 4 is 11.6 Å². The first kappa shape index (κ1) is 9.66. The molecule has 0 spiro atoms. The molecular formula is C11H13ClO2. The van der Waals surface area contributed by atoms with Crippen LogP contribution < -0.4 is 9.47 Å². The molecule has 0 radical (unpaired) electrons. The first-order valence-electron chi connectivity index (χ1n) is 4.76. The quantitative estimate of drug-likeness (QED) is 0.717. The summed E-state index contributed by atoms with van der Waals surface area (Å²) in [7, 11) is 0. The van der Waals surface area contributed by atoms with E-state index in [9.17, 15) is 0 Å². The van der Waals surface area contributed by atoms with Crippen molar-refractivity contribution in [2.45, 2.75) is 25.6 Å². The van der Waals surface area contributed by atoms with Gasteiger partial charge in [0.05, 0.1) is 0 Å². The van der Waals surface area contributed by atoms with Gasteiger partial charge in [0.2, 0.25) is 5.79 Å². The van der Waals surface area contributed by atoms with Gasteiger partial charge in [0.15, 0.2) is 11.5 Å². The molecule has 0 bridgehead atoms. The van der Waals surface area contributed by atoms with Gasteiger partial charge in [-0.05, 0) is 18.6 Å². The molecule has 0 saturated carbocycles. The van der Waals surface area contributed by atoms with Gasteiger partial charge in [0.1, 0.15) is 0 Å². The van der Waals surface area contributed by atoms with E-state index >= 15 is 0 Å². The summed E-state index contributed by atoms with van der Waals surface area (Å²) in [5.74, 6) is 1.76. The first-order chi connectivity index (χ1) is 6.73. The van der Waals surface area contributed by atoms with Crippen molar-refractivity contribution in [3.8, 4) is 11.5 Å². The van der Waals surface area contributed by atoms with Gasteiger partial charge in [0.25, 0.3) is 0 Å². The number of hydrogen-bond acceptors (Lipinski definition) is 2. The van der Waals surface area contributed by atoms with Gasteiger partial charge in [-0.1, -0.05) is 12.1 Å². The molecular weight excluding hydrogens is 200 g/mol. The lowest BCUT2D eigenvalue weighted by molar-refractivity contribution is -0.0682. The molecule has 0 aromatic heterocycles. The molecule has 0 amide bonds. The zero-order valence-electron chi connectivity index (χ0n) is 8.13. The molecule has 76 valence electrons. The third kappa shape index (κ3) is 1.80. The average molecular weight is 213 g/mol. The molecule has 0 aliphatic carbocycles. The summed E-state index contributed by atoms with van der Waals surface area (Å²) in [5.41, 5.74) is 0. The van der Waals surface area contributed by atoms with Crippen molar-refractivity contribution in [2.75, 3.05) is 5.88 Å². The summed E-state index contributed by atoms with van der Waals surface area (Å²) in [6.07, 6.45) is 1.71. The Hall–Kier alpha value is -0.890. The van der Waals surface area contributed by atoms with E-state index in [2.05, 4.69) is 0 Å². The minimum atomic E-state index is -0.529. The zero-order chi connectivity index (χ0) is 10.0. The highest BCUT2D eigenvalue weighted by molar-refractivity contribution is 6.17. The fourth-order valence-electron chi connectivity index (χ4n) is 1.59. The van der Waals surface area contributed by atoms with Gasteiger partial charge in [0, 0.05) is 19.2 Å². The van der Waals surface area contributed by atoms with Crippen molar-refractivity contribution in [1.29, 1.82) is 0 Å². The molecule has 0 unspecified atom stereocenters. The molecule has 2 rings (SSSR count). The normalized spacial score (nSPS) is 17.0. The number of halogens is 1. The van der Waals surface area contributed by atoms with Crippen LogP contribution in [-0.4, -0.2) is 11.7 Å². The van der Waals surface area contributed by atoms with E-state index in [4.69, 9.17) is 21.1 Å². The van der Waals surface area contributed by atoms with Crippen molar-refractivity contribution in [2.24, 2.45) is 0 Å². The average Bonchev–Trinajstić information content (AvgIpc) is 2.51. The summed E-state index contributed by atoms with van der Waals surface area (Å²) in [6.45, 7) is 1.94. The third-order valence-electron chi connectivity index (χ3n) is 2.27. The molecule has 1 heterocycles. The van der Waals surface area contributed by atoms with E-state index in [1.807, 2.05) is 31.2 Å². The number of rotatable bonds is 3. The molecule has 0 atom stereocenters. The van der Waals surface area contributed by atoms with Crippen LogP contribution in [0.2, 0.25) is 0 Å². The second-order valence-corrected chi connectivity index (χ2v) is 3.96. The van der Waals surface area contributed by atoms with E-state index in [0.29, 0.717) is 5.88 Å².